The summed E-state index contributed by atoms with van der Waals surface area (Å²) in [6.07, 6.45) is 0. The summed E-state index contributed by atoms with van der Waals surface area (Å²) in [6, 6.07) is 6.74. The van der Waals surface area contributed by atoms with Crippen LogP contribution in [0.2, 0.25) is 5.02 Å². The molecule has 0 unspecified atom stereocenters. The fourth-order valence-corrected chi connectivity index (χ4v) is 3.62. The van der Waals surface area contributed by atoms with E-state index in [0.29, 0.717) is 16.3 Å². The Morgan fingerprint density at radius 3 is 2.03 bits per heavy atom. The SMILES string of the molecule is Cc1nc(COCCN)c(C(=O)OCCOCCO)c(-c2ccccc2Cl)c1C(=O)OCCOCCO. The van der Waals surface area contributed by atoms with Crippen LogP contribution in [0.5, 0.6) is 0 Å². The first-order valence-electron chi connectivity index (χ1n) is 11.7. The average molecular weight is 541 g/mol. The molecule has 2 rings (SSSR count). The van der Waals surface area contributed by atoms with E-state index in [-0.39, 0.29) is 95.0 Å². The largest absolute Gasteiger partial charge is 0.460 e. The minimum atomic E-state index is -0.762. The van der Waals surface area contributed by atoms with E-state index in [4.69, 9.17) is 51.2 Å². The molecule has 0 aliphatic rings. The molecule has 0 saturated carbocycles. The van der Waals surface area contributed by atoms with Gasteiger partial charge in [-0.1, -0.05) is 29.8 Å². The van der Waals surface area contributed by atoms with Crippen LogP contribution in [0.25, 0.3) is 11.1 Å². The van der Waals surface area contributed by atoms with Crippen molar-refractivity contribution in [2.24, 2.45) is 5.73 Å². The van der Waals surface area contributed by atoms with E-state index >= 15 is 0 Å². The van der Waals surface area contributed by atoms with Gasteiger partial charge in [-0.15, -0.1) is 0 Å². The number of aryl methyl sites for hydroxylation is 1. The number of benzene rings is 1. The number of aliphatic hydroxyl groups is 2. The number of ether oxygens (including phenoxy) is 5. The average Bonchev–Trinajstić information content (AvgIpc) is 2.88. The van der Waals surface area contributed by atoms with E-state index in [1.54, 1.807) is 31.2 Å². The Hall–Kier alpha value is -2.64. The van der Waals surface area contributed by atoms with E-state index in [0.717, 1.165) is 0 Å². The number of pyridine rings is 1. The van der Waals surface area contributed by atoms with Gasteiger partial charge in [0.2, 0.25) is 0 Å². The number of aliphatic hydroxyl groups excluding tert-OH is 2. The van der Waals surface area contributed by atoms with E-state index in [1.807, 2.05) is 0 Å². The molecule has 0 bridgehead atoms. The van der Waals surface area contributed by atoms with Gasteiger partial charge in [-0.05, 0) is 13.0 Å². The molecule has 0 amide bonds. The zero-order valence-electron chi connectivity index (χ0n) is 20.7. The van der Waals surface area contributed by atoms with Crippen molar-refractivity contribution in [1.29, 1.82) is 0 Å². The third kappa shape index (κ3) is 9.31. The van der Waals surface area contributed by atoms with Crippen molar-refractivity contribution in [3.8, 4) is 11.1 Å². The first-order chi connectivity index (χ1) is 18.0. The Bertz CT molecular complexity index is 1020. The van der Waals surface area contributed by atoms with Crippen LogP contribution in [0.15, 0.2) is 24.3 Å². The maximum absolute atomic E-state index is 13.4. The third-order valence-corrected chi connectivity index (χ3v) is 5.23. The molecule has 0 fully saturated rings. The summed E-state index contributed by atoms with van der Waals surface area (Å²) in [4.78, 5) is 31.1. The molecule has 11 nitrogen and oxygen atoms in total. The summed E-state index contributed by atoms with van der Waals surface area (Å²) < 4.78 is 26.7. The van der Waals surface area contributed by atoms with Crippen molar-refractivity contribution in [2.45, 2.75) is 13.5 Å². The highest BCUT2D eigenvalue weighted by molar-refractivity contribution is 6.34. The zero-order valence-corrected chi connectivity index (χ0v) is 21.5. The predicted molar refractivity (Wildman–Crippen MR) is 135 cm³/mol. The highest BCUT2D eigenvalue weighted by Gasteiger charge is 2.30. The molecule has 1 aromatic carbocycles. The van der Waals surface area contributed by atoms with Crippen LogP contribution in [0.4, 0.5) is 0 Å². The molecule has 0 saturated heterocycles. The lowest BCUT2D eigenvalue weighted by molar-refractivity contribution is 0.0252. The summed E-state index contributed by atoms with van der Waals surface area (Å²) in [6.45, 7) is 1.90. The topological polar surface area (TPSA) is 160 Å². The molecule has 0 aliphatic carbocycles. The number of rotatable bonds is 17. The Morgan fingerprint density at radius 1 is 0.865 bits per heavy atom. The van der Waals surface area contributed by atoms with Crippen LogP contribution >= 0.6 is 11.6 Å². The molecule has 12 heteroatoms. The maximum atomic E-state index is 13.4. The molecule has 0 aliphatic heterocycles. The zero-order chi connectivity index (χ0) is 27.0. The highest BCUT2D eigenvalue weighted by atomic mass is 35.5. The molecule has 0 spiro atoms. The second-order valence-electron chi connectivity index (χ2n) is 7.53. The van der Waals surface area contributed by atoms with Crippen molar-refractivity contribution in [3.63, 3.8) is 0 Å². The van der Waals surface area contributed by atoms with Gasteiger partial charge in [-0.2, -0.15) is 0 Å². The van der Waals surface area contributed by atoms with E-state index < -0.39 is 11.9 Å². The summed E-state index contributed by atoms with van der Waals surface area (Å²) in [7, 11) is 0. The quantitative estimate of drug-likeness (QED) is 0.197. The van der Waals surface area contributed by atoms with Crippen molar-refractivity contribution >= 4 is 23.5 Å². The van der Waals surface area contributed by atoms with E-state index in [9.17, 15) is 9.59 Å². The Kier molecular flexibility index (Phi) is 14.0. The van der Waals surface area contributed by atoms with E-state index in [1.165, 1.54) is 0 Å². The molecule has 4 N–H and O–H groups in total. The summed E-state index contributed by atoms with van der Waals surface area (Å²) in [5.74, 6) is -1.50. The van der Waals surface area contributed by atoms with Gasteiger partial charge in [0.1, 0.15) is 13.2 Å². The van der Waals surface area contributed by atoms with Gasteiger partial charge in [0.15, 0.2) is 0 Å². The Labute approximate surface area is 220 Å². The van der Waals surface area contributed by atoms with E-state index in [2.05, 4.69) is 4.98 Å². The number of carbonyl (C=O) groups is 2. The second kappa shape index (κ2) is 17.0. The predicted octanol–water partition coefficient (Wildman–Crippen LogP) is 1.52. The lowest BCUT2D eigenvalue weighted by Gasteiger charge is -2.20. The van der Waals surface area contributed by atoms with Crippen molar-refractivity contribution < 1.29 is 43.5 Å². The third-order valence-electron chi connectivity index (χ3n) is 4.90. The molecular formula is C25H33ClN2O9. The normalized spacial score (nSPS) is 10.9. The summed E-state index contributed by atoms with van der Waals surface area (Å²) >= 11 is 6.51. The van der Waals surface area contributed by atoms with Gasteiger partial charge in [0, 0.05) is 22.7 Å². The molecule has 0 radical (unpaired) electrons. The first kappa shape index (κ1) is 30.6. The minimum absolute atomic E-state index is 0.00126. The molecule has 1 aromatic heterocycles. The van der Waals surface area contributed by atoms with Crippen molar-refractivity contribution in [1.82, 2.24) is 4.98 Å². The van der Waals surface area contributed by atoms with Gasteiger partial charge in [0.25, 0.3) is 0 Å². The number of hydrogen-bond acceptors (Lipinski definition) is 11. The van der Waals surface area contributed by atoms with Crippen LogP contribution in [0, 0.1) is 6.92 Å². The van der Waals surface area contributed by atoms with Crippen LogP contribution in [0.3, 0.4) is 0 Å². The van der Waals surface area contributed by atoms with Gasteiger partial charge in [-0.25, -0.2) is 9.59 Å². The number of nitrogens with zero attached hydrogens (tertiary/aromatic N) is 1. The Morgan fingerprint density at radius 2 is 1.46 bits per heavy atom. The van der Waals surface area contributed by atoms with Gasteiger partial charge >= 0.3 is 11.9 Å². The van der Waals surface area contributed by atoms with Crippen LogP contribution in [-0.4, -0.2) is 93.1 Å². The Balaban J connectivity index is 2.56. The smallest absolute Gasteiger partial charge is 0.340 e. The number of aromatic nitrogens is 1. The molecule has 204 valence electrons. The maximum Gasteiger partial charge on any atom is 0.340 e. The summed E-state index contributed by atoms with van der Waals surface area (Å²) in [5, 5.41) is 18.0. The number of hydrogen-bond donors (Lipinski definition) is 3. The highest BCUT2D eigenvalue weighted by Crippen LogP contribution is 2.37. The molecule has 0 atom stereocenters. The van der Waals surface area contributed by atoms with Crippen LogP contribution in [-0.2, 0) is 30.3 Å². The lowest BCUT2D eigenvalue weighted by atomic mass is 9.92. The number of halogens is 1. The first-order valence-corrected chi connectivity index (χ1v) is 12.1. The number of carbonyl (C=O) groups excluding carboxylic acids is 2. The van der Waals surface area contributed by atoms with Crippen LogP contribution in [0.1, 0.15) is 32.1 Å². The monoisotopic (exact) mass is 540 g/mol. The molecular weight excluding hydrogens is 508 g/mol. The van der Waals surface area contributed by atoms with Gasteiger partial charge in [0.05, 0.1) is 75.4 Å². The minimum Gasteiger partial charge on any atom is -0.460 e. The fraction of sp³-hybridized carbons (Fsp3) is 0.480. The number of nitrogens with two attached hydrogens (primary N) is 1. The molecule has 37 heavy (non-hydrogen) atoms. The van der Waals surface area contributed by atoms with Gasteiger partial charge < -0.3 is 39.6 Å². The molecule has 2 aromatic rings. The van der Waals surface area contributed by atoms with Crippen LogP contribution < -0.4 is 5.73 Å². The number of esters is 2. The molecule has 1 heterocycles. The van der Waals surface area contributed by atoms with Crippen molar-refractivity contribution in [2.75, 3.05) is 66.0 Å². The summed E-state index contributed by atoms with van der Waals surface area (Å²) in [5.41, 5.74) is 6.72. The lowest BCUT2D eigenvalue weighted by Crippen LogP contribution is -2.21. The second-order valence-corrected chi connectivity index (χ2v) is 7.94. The van der Waals surface area contributed by atoms with Crippen molar-refractivity contribution in [3.05, 3.63) is 51.8 Å². The van der Waals surface area contributed by atoms with Gasteiger partial charge in [-0.3, -0.25) is 4.98 Å². The fourth-order valence-electron chi connectivity index (χ4n) is 3.39. The standard InChI is InChI=1S/C25H33ClN2O9/c1-17-21(24(31)36-14-12-33-10-7-29)22(18-4-2-3-5-19(18)26)23(20(28-17)16-35-9-6-27)25(32)37-15-13-34-11-8-30/h2-5,29-30H,6-16,27H2,1H3.